The topological polar surface area (TPSA) is 122 Å². The van der Waals surface area contributed by atoms with Crippen LogP contribution >= 0.6 is 0 Å². The molecule has 4 heterocycles. The summed E-state index contributed by atoms with van der Waals surface area (Å²) in [4.78, 5) is 23.0. The lowest BCUT2D eigenvalue weighted by molar-refractivity contribution is -0.122. The third kappa shape index (κ3) is 4.90. The fraction of sp³-hybridized carbons (Fsp3) is 0.536. The van der Waals surface area contributed by atoms with Crippen LogP contribution in [0, 0.1) is 5.92 Å². The highest BCUT2D eigenvalue weighted by molar-refractivity contribution is 6.00. The predicted molar refractivity (Wildman–Crippen MR) is 142 cm³/mol. The fourth-order valence-corrected chi connectivity index (χ4v) is 6.26. The molecule has 3 aliphatic rings. The number of anilines is 1. The summed E-state index contributed by atoms with van der Waals surface area (Å²) in [5, 5.41) is 0.882. The molecule has 1 unspecified atom stereocenters. The van der Waals surface area contributed by atoms with Crippen molar-refractivity contribution in [1.82, 2.24) is 19.4 Å². The zero-order chi connectivity index (χ0) is 25.4. The second-order valence-electron chi connectivity index (χ2n) is 10.8. The van der Waals surface area contributed by atoms with Gasteiger partial charge in [0.2, 0.25) is 5.91 Å². The first kappa shape index (κ1) is 24.2. The largest absolute Gasteiger partial charge is 0.491 e. The molecule has 3 fully saturated rings. The van der Waals surface area contributed by atoms with Crippen LogP contribution in [-0.2, 0) is 9.53 Å². The summed E-state index contributed by atoms with van der Waals surface area (Å²) >= 11 is 0. The van der Waals surface area contributed by atoms with E-state index in [1.807, 2.05) is 12.1 Å². The molecule has 2 aromatic heterocycles. The van der Waals surface area contributed by atoms with E-state index in [9.17, 15) is 4.79 Å². The summed E-state index contributed by atoms with van der Waals surface area (Å²) < 4.78 is 14.2. The molecule has 1 aromatic carbocycles. The quantitative estimate of drug-likeness (QED) is 0.481. The second kappa shape index (κ2) is 10.3. The third-order valence-electron chi connectivity index (χ3n) is 8.28. The monoisotopic (exact) mass is 504 g/mol. The van der Waals surface area contributed by atoms with Crippen molar-refractivity contribution < 1.29 is 14.3 Å². The molecule has 0 bridgehead atoms. The number of nitrogens with two attached hydrogens (primary N) is 2. The lowest BCUT2D eigenvalue weighted by Gasteiger charge is -2.39. The number of rotatable bonds is 8. The van der Waals surface area contributed by atoms with Crippen molar-refractivity contribution in [3.63, 3.8) is 0 Å². The van der Waals surface area contributed by atoms with Crippen molar-refractivity contribution in [1.29, 1.82) is 0 Å². The molecule has 0 radical (unpaired) electrons. The molecule has 196 valence electrons. The Hall–Kier alpha value is -3.17. The molecule has 3 aromatic rings. The summed E-state index contributed by atoms with van der Waals surface area (Å²) in [5.74, 6) is 1.65. The van der Waals surface area contributed by atoms with Crippen molar-refractivity contribution in [3.05, 3.63) is 36.8 Å². The van der Waals surface area contributed by atoms with E-state index in [0.29, 0.717) is 24.4 Å². The normalized spacial score (nSPS) is 26.3. The first-order valence-electron chi connectivity index (χ1n) is 13.6. The smallest absolute Gasteiger partial charge is 0.234 e. The number of nitrogen functional groups attached to an aromatic ring is 1. The van der Waals surface area contributed by atoms with Crippen molar-refractivity contribution in [2.24, 2.45) is 11.7 Å². The standard InChI is InChI=1S/C28H36N6O3/c29-26-25-23(19-5-3-7-21(13-19)37-16-22-6-1-2-10-36-22)15-34(28(25)32-17-31-26)20-11-18(12-20)14-33-9-4-8-24(33)27(30)35/h3,5,7,13,15,17-18,20,22,24H,1-2,4,6,8-12,14,16H2,(H2,30,35)(H2,29,31,32)/t18?,20?,22?,24-/m0/s1. The van der Waals surface area contributed by atoms with Gasteiger partial charge in [-0.1, -0.05) is 12.1 Å². The van der Waals surface area contributed by atoms with E-state index in [1.54, 1.807) is 6.33 Å². The van der Waals surface area contributed by atoms with Gasteiger partial charge in [0.25, 0.3) is 0 Å². The first-order valence-corrected chi connectivity index (χ1v) is 13.6. The SMILES string of the molecule is NC(=O)[C@@H]1CCCN1CC1CC(n2cc(-c3cccc(OCC4CCCCO4)c3)c3c(N)ncnc32)C1. The number of carbonyl (C=O) groups is 1. The van der Waals surface area contributed by atoms with E-state index in [0.717, 1.165) is 86.1 Å². The number of aromatic nitrogens is 3. The molecule has 2 aliphatic heterocycles. The van der Waals surface area contributed by atoms with E-state index >= 15 is 0 Å². The van der Waals surface area contributed by atoms with Crippen LogP contribution in [-0.4, -0.2) is 63.8 Å². The molecule has 4 N–H and O–H groups in total. The number of amides is 1. The zero-order valence-electron chi connectivity index (χ0n) is 21.2. The van der Waals surface area contributed by atoms with E-state index < -0.39 is 0 Å². The molecule has 1 amide bonds. The summed E-state index contributed by atoms with van der Waals surface area (Å²) in [5.41, 5.74) is 14.9. The molecular formula is C28H36N6O3. The maximum atomic E-state index is 11.8. The van der Waals surface area contributed by atoms with Gasteiger partial charge in [0, 0.05) is 31.0 Å². The Bertz CT molecular complexity index is 1260. The van der Waals surface area contributed by atoms with Crippen LogP contribution < -0.4 is 16.2 Å². The van der Waals surface area contributed by atoms with E-state index in [1.165, 1.54) is 6.42 Å². The number of carbonyl (C=O) groups excluding carboxylic acids is 1. The molecule has 1 saturated carbocycles. The lowest BCUT2D eigenvalue weighted by atomic mass is 9.79. The molecule has 9 heteroatoms. The number of benzene rings is 1. The van der Waals surface area contributed by atoms with Gasteiger partial charge in [-0.3, -0.25) is 9.69 Å². The molecule has 1 aliphatic carbocycles. The molecular weight excluding hydrogens is 468 g/mol. The molecule has 6 rings (SSSR count). The minimum atomic E-state index is -0.195. The third-order valence-corrected chi connectivity index (χ3v) is 8.28. The van der Waals surface area contributed by atoms with Gasteiger partial charge in [0.05, 0.1) is 17.5 Å². The minimum absolute atomic E-state index is 0.107. The van der Waals surface area contributed by atoms with E-state index in [-0.39, 0.29) is 18.1 Å². The minimum Gasteiger partial charge on any atom is -0.491 e. The van der Waals surface area contributed by atoms with Crippen LogP contribution in [0.2, 0.25) is 0 Å². The number of primary amides is 1. The highest BCUT2D eigenvalue weighted by Gasteiger charge is 2.37. The lowest BCUT2D eigenvalue weighted by Crippen LogP contribution is -2.44. The average molecular weight is 505 g/mol. The van der Waals surface area contributed by atoms with Crippen molar-refractivity contribution in [2.45, 2.75) is 63.1 Å². The Morgan fingerprint density at radius 1 is 1.16 bits per heavy atom. The summed E-state index contributed by atoms with van der Waals surface area (Å²) in [6.07, 6.45) is 11.2. The number of fused-ring (bicyclic) bond motifs is 1. The molecule has 9 nitrogen and oxygen atoms in total. The Kier molecular flexibility index (Phi) is 6.73. The Labute approximate surface area is 217 Å². The van der Waals surface area contributed by atoms with Gasteiger partial charge in [0.15, 0.2) is 0 Å². The van der Waals surface area contributed by atoms with Crippen molar-refractivity contribution >= 4 is 22.8 Å². The van der Waals surface area contributed by atoms with E-state index in [2.05, 4.69) is 37.8 Å². The Morgan fingerprint density at radius 3 is 2.86 bits per heavy atom. The van der Waals surface area contributed by atoms with Gasteiger partial charge >= 0.3 is 0 Å². The van der Waals surface area contributed by atoms with Gasteiger partial charge in [0.1, 0.15) is 30.1 Å². The molecule has 2 saturated heterocycles. The molecule has 0 spiro atoms. The van der Waals surface area contributed by atoms with Gasteiger partial charge in [-0.05, 0) is 75.1 Å². The maximum absolute atomic E-state index is 11.8. The maximum Gasteiger partial charge on any atom is 0.234 e. The van der Waals surface area contributed by atoms with Crippen LogP contribution in [0.15, 0.2) is 36.8 Å². The van der Waals surface area contributed by atoms with Crippen LogP contribution in [0.3, 0.4) is 0 Å². The van der Waals surface area contributed by atoms with Crippen molar-refractivity contribution in [3.8, 4) is 16.9 Å². The fourth-order valence-electron chi connectivity index (χ4n) is 6.26. The first-order chi connectivity index (χ1) is 18.1. The van der Waals surface area contributed by atoms with Crippen LogP contribution in [0.25, 0.3) is 22.2 Å². The summed E-state index contributed by atoms with van der Waals surface area (Å²) in [6.45, 7) is 3.27. The number of likely N-dealkylation sites (tertiary alicyclic amines) is 1. The Balaban J connectivity index is 1.20. The number of hydrogen-bond acceptors (Lipinski definition) is 7. The number of ether oxygens (including phenoxy) is 2. The molecule has 2 atom stereocenters. The number of nitrogens with zero attached hydrogens (tertiary/aromatic N) is 4. The highest BCUT2D eigenvalue weighted by Crippen LogP contribution is 2.44. The van der Waals surface area contributed by atoms with Crippen LogP contribution in [0.5, 0.6) is 5.75 Å². The zero-order valence-corrected chi connectivity index (χ0v) is 21.2. The average Bonchev–Trinajstić information content (AvgIpc) is 3.51. The summed E-state index contributed by atoms with van der Waals surface area (Å²) in [6, 6.07) is 8.38. The van der Waals surface area contributed by atoms with Crippen LogP contribution in [0.4, 0.5) is 5.82 Å². The number of hydrogen-bond donors (Lipinski definition) is 2. The van der Waals surface area contributed by atoms with Crippen molar-refractivity contribution in [2.75, 3.05) is 32.0 Å². The van der Waals surface area contributed by atoms with Gasteiger partial charge in [-0.2, -0.15) is 0 Å². The summed E-state index contributed by atoms with van der Waals surface area (Å²) in [7, 11) is 0. The van der Waals surface area contributed by atoms with Gasteiger partial charge < -0.3 is 25.5 Å². The van der Waals surface area contributed by atoms with Crippen LogP contribution in [0.1, 0.15) is 51.0 Å². The highest BCUT2D eigenvalue weighted by atomic mass is 16.5. The van der Waals surface area contributed by atoms with Gasteiger partial charge in [-0.25, -0.2) is 9.97 Å². The molecule has 37 heavy (non-hydrogen) atoms. The van der Waals surface area contributed by atoms with E-state index in [4.69, 9.17) is 20.9 Å². The van der Waals surface area contributed by atoms with Gasteiger partial charge in [-0.15, -0.1) is 0 Å². The predicted octanol–water partition coefficient (Wildman–Crippen LogP) is 3.53. The second-order valence-corrected chi connectivity index (χ2v) is 10.8. The Morgan fingerprint density at radius 2 is 2.05 bits per heavy atom.